The molecule has 6 nitrogen and oxygen atoms in total. The maximum Gasteiger partial charge on any atom is 0.306 e. The number of ether oxygens (including phenoxy) is 3. The second kappa shape index (κ2) is 52.5. The van der Waals surface area contributed by atoms with E-state index in [2.05, 4.69) is 45.1 Å². The van der Waals surface area contributed by atoms with Gasteiger partial charge in [-0.05, 0) is 70.6 Å². The molecule has 63 heavy (non-hydrogen) atoms. The van der Waals surface area contributed by atoms with Crippen LogP contribution in [0.3, 0.4) is 0 Å². The second-order valence-corrected chi connectivity index (χ2v) is 18.8. The summed E-state index contributed by atoms with van der Waals surface area (Å²) in [6.45, 7) is 6.66. The number of hydrogen-bond acceptors (Lipinski definition) is 6. The topological polar surface area (TPSA) is 78.9 Å². The lowest BCUT2D eigenvalue weighted by Gasteiger charge is -2.18. The van der Waals surface area contributed by atoms with Crippen molar-refractivity contribution in [2.24, 2.45) is 0 Å². The molecule has 0 bridgehead atoms. The van der Waals surface area contributed by atoms with Gasteiger partial charge in [0.1, 0.15) is 13.2 Å². The van der Waals surface area contributed by atoms with Crippen LogP contribution in [0.1, 0.15) is 303 Å². The summed E-state index contributed by atoms with van der Waals surface area (Å²) in [6.07, 6.45) is 60.2. The molecular formula is C57H106O6. The lowest BCUT2D eigenvalue weighted by atomic mass is 10.0. The zero-order valence-corrected chi connectivity index (χ0v) is 42.4. The third-order valence-corrected chi connectivity index (χ3v) is 12.4. The number of carbonyl (C=O) groups is 3. The van der Waals surface area contributed by atoms with Gasteiger partial charge >= 0.3 is 17.9 Å². The van der Waals surface area contributed by atoms with Crippen molar-refractivity contribution in [3.63, 3.8) is 0 Å². The number of esters is 3. The first-order chi connectivity index (χ1) is 31.0. The first kappa shape index (κ1) is 60.9. The van der Waals surface area contributed by atoms with Crippen LogP contribution in [0.4, 0.5) is 0 Å². The normalized spacial score (nSPS) is 12.1. The van der Waals surface area contributed by atoms with Crippen LogP contribution in [-0.2, 0) is 28.6 Å². The summed E-state index contributed by atoms with van der Waals surface area (Å²) in [5.41, 5.74) is 0. The highest BCUT2D eigenvalue weighted by Gasteiger charge is 2.19. The van der Waals surface area contributed by atoms with Gasteiger partial charge < -0.3 is 14.2 Å². The summed E-state index contributed by atoms with van der Waals surface area (Å²) in [6, 6.07) is 0. The molecule has 0 aliphatic rings. The molecule has 0 aromatic rings. The fraction of sp³-hybridized carbons (Fsp3) is 0.877. The van der Waals surface area contributed by atoms with Crippen LogP contribution >= 0.6 is 0 Å². The van der Waals surface area contributed by atoms with Crippen molar-refractivity contribution in [1.82, 2.24) is 0 Å². The molecule has 0 spiro atoms. The van der Waals surface area contributed by atoms with Crippen molar-refractivity contribution in [3.8, 4) is 0 Å². The maximum absolute atomic E-state index is 12.8. The third kappa shape index (κ3) is 50.7. The Morgan fingerprint density at radius 3 is 0.794 bits per heavy atom. The van der Waals surface area contributed by atoms with E-state index in [0.29, 0.717) is 19.3 Å². The molecule has 0 N–H and O–H groups in total. The van der Waals surface area contributed by atoms with Crippen LogP contribution in [0, 0.1) is 0 Å². The molecule has 0 saturated heterocycles. The lowest BCUT2D eigenvalue weighted by Crippen LogP contribution is -2.30. The van der Waals surface area contributed by atoms with Gasteiger partial charge in [-0.3, -0.25) is 14.4 Å². The highest BCUT2D eigenvalue weighted by Crippen LogP contribution is 2.16. The molecule has 0 rings (SSSR count). The van der Waals surface area contributed by atoms with Gasteiger partial charge in [0, 0.05) is 19.3 Å². The summed E-state index contributed by atoms with van der Waals surface area (Å²) in [7, 11) is 0. The predicted molar refractivity (Wildman–Crippen MR) is 270 cm³/mol. The van der Waals surface area contributed by atoms with E-state index in [0.717, 1.165) is 70.6 Å². The van der Waals surface area contributed by atoms with E-state index in [4.69, 9.17) is 14.2 Å². The zero-order valence-electron chi connectivity index (χ0n) is 42.4. The Bertz CT molecular complexity index is 1020. The highest BCUT2D eigenvalue weighted by molar-refractivity contribution is 5.71. The van der Waals surface area contributed by atoms with Crippen LogP contribution in [0.15, 0.2) is 24.3 Å². The largest absolute Gasteiger partial charge is 0.462 e. The Kier molecular flexibility index (Phi) is 50.8. The van der Waals surface area contributed by atoms with Crippen molar-refractivity contribution in [2.75, 3.05) is 13.2 Å². The Hall–Kier alpha value is -2.11. The average molecular weight is 887 g/mol. The molecule has 0 heterocycles. The zero-order chi connectivity index (χ0) is 45.8. The van der Waals surface area contributed by atoms with E-state index in [9.17, 15) is 14.4 Å². The van der Waals surface area contributed by atoms with Crippen LogP contribution in [-0.4, -0.2) is 37.2 Å². The van der Waals surface area contributed by atoms with Crippen molar-refractivity contribution < 1.29 is 28.6 Å². The van der Waals surface area contributed by atoms with Crippen LogP contribution in [0.2, 0.25) is 0 Å². The summed E-state index contributed by atoms with van der Waals surface area (Å²) in [5.74, 6) is -0.874. The fourth-order valence-electron chi connectivity index (χ4n) is 8.20. The number of carbonyl (C=O) groups excluding carboxylic acids is 3. The Labute approximate surface area is 392 Å². The van der Waals surface area contributed by atoms with Gasteiger partial charge in [0.2, 0.25) is 0 Å². The SMILES string of the molecule is CCCCCCCCC/C=C\CCCCCCCC(=O)OC[C@@H](COC(=O)CCCCCCCCCCCCCCC)OC(=O)CCCCCCC/C=C\CCCCCCCCC. The molecule has 0 amide bonds. The smallest absolute Gasteiger partial charge is 0.306 e. The molecule has 6 heteroatoms. The summed E-state index contributed by atoms with van der Waals surface area (Å²) >= 11 is 0. The minimum Gasteiger partial charge on any atom is -0.462 e. The van der Waals surface area contributed by atoms with Gasteiger partial charge in [-0.1, -0.05) is 238 Å². The van der Waals surface area contributed by atoms with Gasteiger partial charge in [-0.15, -0.1) is 0 Å². The van der Waals surface area contributed by atoms with E-state index >= 15 is 0 Å². The third-order valence-electron chi connectivity index (χ3n) is 12.4. The maximum atomic E-state index is 12.8. The van der Waals surface area contributed by atoms with Crippen molar-refractivity contribution in [1.29, 1.82) is 0 Å². The number of unbranched alkanes of at least 4 members (excludes halogenated alkanes) is 36. The summed E-state index contributed by atoms with van der Waals surface area (Å²) in [4.78, 5) is 38.1. The van der Waals surface area contributed by atoms with E-state index < -0.39 is 6.10 Å². The Balaban J connectivity index is 4.36. The number of rotatable bonds is 51. The van der Waals surface area contributed by atoms with Gasteiger partial charge in [0.05, 0.1) is 0 Å². The van der Waals surface area contributed by atoms with E-state index in [-0.39, 0.29) is 31.1 Å². The molecule has 1 atom stereocenters. The van der Waals surface area contributed by atoms with E-state index in [1.807, 2.05) is 0 Å². The molecule has 0 saturated carbocycles. The van der Waals surface area contributed by atoms with Crippen LogP contribution in [0.5, 0.6) is 0 Å². The molecule has 0 aromatic carbocycles. The van der Waals surface area contributed by atoms with Gasteiger partial charge in [-0.25, -0.2) is 0 Å². The van der Waals surface area contributed by atoms with Gasteiger partial charge in [0.15, 0.2) is 6.10 Å². The molecule has 370 valence electrons. The number of hydrogen-bond donors (Lipinski definition) is 0. The van der Waals surface area contributed by atoms with E-state index in [1.54, 1.807) is 0 Å². The minimum absolute atomic E-state index is 0.0731. The van der Waals surface area contributed by atoms with Crippen LogP contribution in [0.25, 0.3) is 0 Å². The Morgan fingerprint density at radius 1 is 0.302 bits per heavy atom. The number of allylic oxidation sites excluding steroid dienone is 4. The highest BCUT2D eigenvalue weighted by atomic mass is 16.6. The molecular weight excluding hydrogens is 781 g/mol. The first-order valence-electron chi connectivity index (χ1n) is 27.8. The molecule has 0 aliphatic carbocycles. The van der Waals surface area contributed by atoms with Gasteiger partial charge in [0.25, 0.3) is 0 Å². The first-order valence-corrected chi connectivity index (χ1v) is 27.8. The average Bonchev–Trinajstić information content (AvgIpc) is 3.28. The Morgan fingerprint density at radius 2 is 0.524 bits per heavy atom. The van der Waals surface area contributed by atoms with E-state index in [1.165, 1.54) is 193 Å². The molecule has 0 fully saturated rings. The molecule has 0 aliphatic heterocycles. The monoisotopic (exact) mass is 887 g/mol. The molecule has 0 aromatic heterocycles. The minimum atomic E-state index is -0.774. The second-order valence-electron chi connectivity index (χ2n) is 18.8. The summed E-state index contributed by atoms with van der Waals surface area (Å²) in [5, 5.41) is 0. The lowest BCUT2D eigenvalue weighted by molar-refractivity contribution is -0.167. The van der Waals surface area contributed by atoms with Crippen molar-refractivity contribution >= 4 is 17.9 Å². The van der Waals surface area contributed by atoms with Crippen LogP contribution < -0.4 is 0 Å². The standard InChI is InChI=1S/C57H106O6/c1-4-7-10-13-16-19-22-25-27-29-32-35-38-41-44-47-50-56(59)62-53-54(52-61-55(58)49-46-43-40-37-34-31-24-21-18-15-12-9-6-3)63-57(60)51-48-45-42-39-36-33-30-28-26-23-20-17-14-11-8-5-2/h27-30,54H,4-26,31-53H2,1-3H3/b29-27-,30-28-/t54-/m1/s1. The predicted octanol–water partition coefficient (Wildman–Crippen LogP) is 18.3. The molecule has 0 radical (unpaired) electrons. The van der Waals surface area contributed by atoms with Crippen molar-refractivity contribution in [2.45, 2.75) is 309 Å². The van der Waals surface area contributed by atoms with Gasteiger partial charge in [-0.2, -0.15) is 0 Å². The van der Waals surface area contributed by atoms with Crippen molar-refractivity contribution in [3.05, 3.63) is 24.3 Å². The summed E-state index contributed by atoms with van der Waals surface area (Å²) < 4.78 is 16.8. The quantitative estimate of drug-likeness (QED) is 0.0262. The molecule has 0 unspecified atom stereocenters. The fourth-order valence-corrected chi connectivity index (χ4v) is 8.20.